The van der Waals surface area contributed by atoms with Gasteiger partial charge in [0.05, 0.1) is 0 Å². The molecule has 0 saturated carbocycles. The maximum absolute atomic E-state index is 5.57. The van der Waals surface area contributed by atoms with Crippen LogP contribution in [0.4, 0.5) is 0 Å². The van der Waals surface area contributed by atoms with Crippen molar-refractivity contribution in [1.29, 1.82) is 0 Å². The van der Waals surface area contributed by atoms with Gasteiger partial charge in [-0.1, -0.05) is 13.0 Å². The third-order valence-corrected chi connectivity index (χ3v) is 2.74. The van der Waals surface area contributed by atoms with E-state index in [0.29, 0.717) is 19.6 Å². The lowest BCUT2D eigenvalue weighted by atomic mass is 10.0. The van der Waals surface area contributed by atoms with Crippen LogP contribution >= 0.6 is 0 Å². The average molecular weight is 231 g/mol. The molecule has 0 saturated heterocycles. The highest BCUT2D eigenvalue weighted by molar-refractivity contribution is 5.44. The molecule has 2 rings (SSSR count). The van der Waals surface area contributed by atoms with E-state index in [1.165, 1.54) is 0 Å². The fourth-order valence-electron chi connectivity index (χ4n) is 1.95. The molecule has 1 aromatic carbocycles. The van der Waals surface area contributed by atoms with Gasteiger partial charge in [0.1, 0.15) is 13.2 Å². The van der Waals surface area contributed by atoms with Gasteiger partial charge >= 0.3 is 0 Å². The Morgan fingerprint density at radius 3 is 2.82 bits per heavy atom. The molecule has 0 bridgehead atoms. The van der Waals surface area contributed by atoms with Crippen LogP contribution in [0.25, 0.3) is 0 Å². The van der Waals surface area contributed by atoms with Crippen molar-refractivity contribution in [2.75, 3.05) is 19.8 Å². The van der Waals surface area contributed by atoms with Crippen molar-refractivity contribution >= 4 is 0 Å². The third-order valence-electron chi connectivity index (χ3n) is 2.74. The molecular formula is C14H17NO2. The molecule has 1 N–H and O–H groups in total. The largest absolute Gasteiger partial charge is 0.486 e. The molecule has 0 fully saturated rings. The first-order valence-electron chi connectivity index (χ1n) is 5.91. The Bertz CT molecular complexity index is 423. The summed E-state index contributed by atoms with van der Waals surface area (Å²) in [4.78, 5) is 0. The Balaban J connectivity index is 2.22. The summed E-state index contributed by atoms with van der Waals surface area (Å²) in [6, 6.07) is 6.18. The molecule has 0 aromatic heterocycles. The van der Waals surface area contributed by atoms with E-state index in [4.69, 9.17) is 15.9 Å². The first kappa shape index (κ1) is 11.8. The molecule has 0 radical (unpaired) electrons. The second kappa shape index (κ2) is 5.60. The number of terminal acetylenes is 1. The van der Waals surface area contributed by atoms with E-state index in [-0.39, 0.29) is 6.04 Å². The lowest BCUT2D eigenvalue weighted by Crippen LogP contribution is -2.21. The SMILES string of the molecule is C#CCC(NCC)c1ccc2c(c1)OCCO2. The quantitative estimate of drug-likeness (QED) is 0.805. The number of rotatable bonds is 4. The van der Waals surface area contributed by atoms with Crippen molar-refractivity contribution in [3.05, 3.63) is 23.8 Å². The van der Waals surface area contributed by atoms with Gasteiger partial charge in [-0.15, -0.1) is 12.3 Å². The number of ether oxygens (including phenoxy) is 2. The monoisotopic (exact) mass is 231 g/mol. The molecular weight excluding hydrogens is 214 g/mol. The minimum absolute atomic E-state index is 0.181. The molecule has 3 heteroatoms. The van der Waals surface area contributed by atoms with Crippen molar-refractivity contribution in [2.24, 2.45) is 0 Å². The van der Waals surface area contributed by atoms with Gasteiger partial charge in [0.15, 0.2) is 11.5 Å². The van der Waals surface area contributed by atoms with Crippen LogP contribution in [-0.2, 0) is 0 Å². The highest BCUT2D eigenvalue weighted by atomic mass is 16.6. The summed E-state index contributed by atoms with van der Waals surface area (Å²) in [5.74, 6) is 4.33. The highest BCUT2D eigenvalue weighted by Crippen LogP contribution is 2.33. The van der Waals surface area contributed by atoms with Gasteiger partial charge in [-0.2, -0.15) is 0 Å². The van der Waals surface area contributed by atoms with Gasteiger partial charge in [-0.05, 0) is 24.2 Å². The fourth-order valence-corrected chi connectivity index (χ4v) is 1.95. The Labute approximate surface area is 102 Å². The summed E-state index contributed by atoms with van der Waals surface area (Å²) >= 11 is 0. The van der Waals surface area contributed by atoms with Crippen molar-refractivity contribution in [3.63, 3.8) is 0 Å². The second-order valence-corrected chi connectivity index (χ2v) is 3.92. The molecule has 90 valence electrons. The summed E-state index contributed by atoms with van der Waals surface area (Å²) in [7, 11) is 0. The van der Waals surface area contributed by atoms with Gasteiger partial charge in [-0.3, -0.25) is 0 Å². The van der Waals surface area contributed by atoms with Crippen LogP contribution in [-0.4, -0.2) is 19.8 Å². The number of hydrogen-bond donors (Lipinski definition) is 1. The maximum atomic E-state index is 5.57. The van der Waals surface area contributed by atoms with Crippen molar-refractivity contribution in [1.82, 2.24) is 5.32 Å². The number of nitrogens with one attached hydrogen (secondary N) is 1. The lowest BCUT2D eigenvalue weighted by molar-refractivity contribution is 0.171. The Hall–Kier alpha value is -1.66. The van der Waals surface area contributed by atoms with Gasteiger partial charge in [0.2, 0.25) is 0 Å². The molecule has 1 heterocycles. The van der Waals surface area contributed by atoms with Crippen molar-refractivity contribution in [3.8, 4) is 23.8 Å². The second-order valence-electron chi connectivity index (χ2n) is 3.92. The van der Waals surface area contributed by atoms with Crippen molar-refractivity contribution < 1.29 is 9.47 Å². The molecule has 1 aliphatic heterocycles. The zero-order valence-electron chi connectivity index (χ0n) is 10.0. The first-order chi connectivity index (χ1) is 8.35. The van der Waals surface area contributed by atoms with Gasteiger partial charge in [0.25, 0.3) is 0 Å². The molecule has 1 atom stereocenters. The first-order valence-corrected chi connectivity index (χ1v) is 5.91. The van der Waals surface area contributed by atoms with Crippen LogP contribution in [0.5, 0.6) is 11.5 Å². The maximum Gasteiger partial charge on any atom is 0.161 e. The Kier molecular flexibility index (Phi) is 3.89. The normalized spacial score (nSPS) is 15.1. The van der Waals surface area contributed by atoms with Crippen LogP contribution in [0.3, 0.4) is 0 Å². The highest BCUT2D eigenvalue weighted by Gasteiger charge is 2.15. The number of fused-ring (bicyclic) bond motifs is 1. The molecule has 0 amide bonds. The molecule has 0 spiro atoms. The predicted molar refractivity (Wildman–Crippen MR) is 67.3 cm³/mol. The van der Waals surface area contributed by atoms with Gasteiger partial charge in [-0.25, -0.2) is 0 Å². The predicted octanol–water partition coefficient (Wildman–Crippen LogP) is 2.13. The van der Waals surface area contributed by atoms with Gasteiger partial charge in [0, 0.05) is 12.5 Å². The van der Waals surface area contributed by atoms with Gasteiger partial charge < -0.3 is 14.8 Å². The van der Waals surface area contributed by atoms with E-state index in [9.17, 15) is 0 Å². The molecule has 1 unspecified atom stereocenters. The topological polar surface area (TPSA) is 30.5 Å². The summed E-state index contributed by atoms with van der Waals surface area (Å²) in [5.41, 5.74) is 1.15. The molecule has 3 nitrogen and oxygen atoms in total. The standard InChI is InChI=1S/C14H17NO2/c1-3-5-12(15-4-2)11-6-7-13-14(10-11)17-9-8-16-13/h1,6-7,10,12,15H,4-5,8-9H2,2H3. The minimum atomic E-state index is 0.181. The minimum Gasteiger partial charge on any atom is -0.486 e. The molecule has 1 aliphatic rings. The lowest BCUT2D eigenvalue weighted by Gasteiger charge is -2.21. The van der Waals surface area contributed by atoms with E-state index in [1.807, 2.05) is 18.2 Å². The van der Waals surface area contributed by atoms with E-state index >= 15 is 0 Å². The number of hydrogen-bond acceptors (Lipinski definition) is 3. The third kappa shape index (κ3) is 2.72. The molecule has 0 aliphatic carbocycles. The average Bonchev–Trinajstić information content (AvgIpc) is 2.38. The van der Waals surface area contributed by atoms with Crippen LogP contribution < -0.4 is 14.8 Å². The zero-order valence-corrected chi connectivity index (χ0v) is 10.0. The van der Waals surface area contributed by atoms with E-state index in [0.717, 1.165) is 23.6 Å². The van der Waals surface area contributed by atoms with Crippen molar-refractivity contribution in [2.45, 2.75) is 19.4 Å². The van der Waals surface area contributed by atoms with Crippen LogP contribution in [0, 0.1) is 12.3 Å². The van der Waals surface area contributed by atoms with E-state index in [2.05, 4.69) is 18.2 Å². The van der Waals surface area contributed by atoms with Crippen LogP contribution in [0.2, 0.25) is 0 Å². The Morgan fingerprint density at radius 2 is 2.12 bits per heavy atom. The summed E-state index contributed by atoms with van der Waals surface area (Å²) in [6.45, 7) is 4.19. The molecule has 1 aromatic rings. The molecule has 17 heavy (non-hydrogen) atoms. The number of benzene rings is 1. The summed E-state index contributed by atoms with van der Waals surface area (Å²) < 4.78 is 11.1. The van der Waals surface area contributed by atoms with E-state index in [1.54, 1.807) is 0 Å². The fraction of sp³-hybridized carbons (Fsp3) is 0.429. The van der Waals surface area contributed by atoms with Crippen LogP contribution in [0.1, 0.15) is 24.9 Å². The Morgan fingerprint density at radius 1 is 1.35 bits per heavy atom. The smallest absolute Gasteiger partial charge is 0.161 e. The van der Waals surface area contributed by atoms with E-state index < -0.39 is 0 Å². The van der Waals surface area contributed by atoms with Crippen LogP contribution in [0.15, 0.2) is 18.2 Å². The zero-order chi connectivity index (χ0) is 12.1. The summed E-state index contributed by atoms with van der Waals surface area (Å²) in [6.07, 6.45) is 6.06. The summed E-state index contributed by atoms with van der Waals surface area (Å²) in [5, 5.41) is 3.37.